The van der Waals surface area contributed by atoms with Crippen LogP contribution in [0.5, 0.6) is 0 Å². The highest BCUT2D eigenvalue weighted by Gasteiger charge is 2.30. The van der Waals surface area contributed by atoms with Crippen LogP contribution in [0.25, 0.3) is 0 Å². The fourth-order valence-electron chi connectivity index (χ4n) is 5.38. The summed E-state index contributed by atoms with van der Waals surface area (Å²) in [4.78, 5) is 19.6. The third-order valence-corrected chi connectivity index (χ3v) is 8.05. The number of nitrogens with one attached hydrogen (secondary N) is 1. The van der Waals surface area contributed by atoms with Crippen molar-refractivity contribution < 1.29 is 22.5 Å². The van der Waals surface area contributed by atoms with Crippen LogP contribution < -0.4 is 5.32 Å². The monoisotopic (exact) mass is 540 g/mol. The van der Waals surface area contributed by atoms with Crippen LogP contribution in [0.2, 0.25) is 0 Å². The smallest absolute Gasteiger partial charge is 0.349 e. The zero-order chi connectivity index (χ0) is 27.2. The van der Waals surface area contributed by atoms with Crippen molar-refractivity contribution in [2.45, 2.75) is 63.6 Å². The number of hydrogen-bond acceptors (Lipinski definition) is 5. The lowest BCUT2D eigenvalue weighted by atomic mass is 9.84. The first kappa shape index (κ1) is 27.4. The van der Waals surface area contributed by atoms with Crippen LogP contribution in [0.3, 0.4) is 0 Å². The Labute approximate surface area is 227 Å². The van der Waals surface area contributed by atoms with Crippen molar-refractivity contribution in [2.24, 2.45) is 11.8 Å². The lowest BCUT2D eigenvalue weighted by Gasteiger charge is -2.33. The molecule has 0 bridgehead atoms. The first-order valence-corrected chi connectivity index (χ1v) is 13.9. The van der Waals surface area contributed by atoms with E-state index < -0.39 is 11.7 Å². The maximum atomic E-state index is 12.8. The van der Waals surface area contributed by atoms with E-state index in [4.69, 9.17) is 4.52 Å². The van der Waals surface area contributed by atoms with Gasteiger partial charge < -0.3 is 14.7 Å². The Kier molecular flexibility index (Phi) is 8.65. The maximum absolute atomic E-state index is 12.8. The lowest BCUT2D eigenvalue weighted by Crippen LogP contribution is -2.40. The molecular formula is C30H35F3N4O2. The predicted octanol–water partition coefficient (Wildman–Crippen LogP) is 5.98. The van der Waals surface area contributed by atoms with Gasteiger partial charge in [-0.15, -0.1) is 0 Å². The van der Waals surface area contributed by atoms with Crippen molar-refractivity contribution in [1.82, 2.24) is 20.4 Å². The molecule has 39 heavy (non-hydrogen) atoms. The Morgan fingerprint density at radius 3 is 2.38 bits per heavy atom. The highest BCUT2D eigenvalue weighted by molar-refractivity contribution is 5.79. The number of nitrogens with zero attached hydrogens (tertiary/aromatic N) is 3. The van der Waals surface area contributed by atoms with Gasteiger partial charge in [-0.2, -0.15) is 18.2 Å². The number of halogens is 3. The summed E-state index contributed by atoms with van der Waals surface area (Å²) in [5, 5.41) is 7.34. The summed E-state index contributed by atoms with van der Waals surface area (Å²) >= 11 is 0. The van der Waals surface area contributed by atoms with Crippen molar-refractivity contribution in [3.63, 3.8) is 0 Å². The Morgan fingerprint density at radius 1 is 1.03 bits per heavy atom. The molecule has 0 spiro atoms. The van der Waals surface area contributed by atoms with Crippen molar-refractivity contribution >= 4 is 5.91 Å². The Hall–Kier alpha value is -3.20. The van der Waals surface area contributed by atoms with Gasteiger partial charge in [0.15, 0.2) is 5.82 Å². The summed E-state index contributed by atoms with van der Waals surface area (Å²) in [6.45, 7) is 2.89. The molecule has 1 unspecified atom stereocenters. The van der Waals surface area contributed by atoms with Crippen LogP contribution in [0, 0.1) is 11.8 Å². The van der Waals surface area contributed by atoms with E-state index in [1.807, 2.05) is 18.2 Å². The van der Waals surface area contributed by atoms with E-state index in [0.717, 1.165) is 75.9 Å². The Bertz CT molecular complexity index is 1200. The number of carbonyl (C=O) groups excluding carboxylic acids is 1. The zero-order valence-electron chi connectivity index (χ0n) is 22.0. The molecule has 1 aliphatic heterocycles. The van der Waals surface area contributed by atoms with Crippen LogP contribution >= 0.6 is 0 Å². The first-order valence-electron chi connectivity index (χ1n) is 13.9. The van der Waals surface area contributed by atoms with E-state index in [9.17, 15) is 18.0 Å². The standard InChI is InChI=1S/C30H35F3N4O2/c31-30(32,33)25-11-9-21(10-12-25)19-27-35-28(39-36-27)20-22-13-16-37(17-14-22)18-15-26(23-5-2-1-3-6-23)34-29(38)24-7-4-8-24/h1-3,5-6,9-12,22,24,26H,4,7-8,13-20H2,(H,34,38). The zero-order valence-corrected chi connectivity index (χ0v) is 22.0. The second-order valence-electron chi connectivity index (χ2n) is 10.9. The van der Waals surface area contributed by atoms with E-state index >= 15 is 0 Å². The maximum Gasteiger partial charge on any atom is 0.416 e. The number of hydrogen-bond donors (Lipinski definition) is 1. The van der Waals surface area contributed by atoms with Crippen molar-refractivity contribution in [2.75, 3.05) is 19.6 Å². The quantitative estimate of drug-likeness (QED) is 0.343. The van der Waals surface area contributed by atoms with Crippen molar-refractivity contribution in [1.29, 1.82) is 0 Å². The topological polar surface area (TPSA) is 71.3 Å². The van der Waals surface area contributed by atoms with Gasteiger partial charge in [-0.1, -0.05) is 54.0 Å². The number of rotatable bonds is 10. The molecule has 1 saturated carbocycles. The number of aromatic nitrogens is 2. The van der Waals surface area contributed by atoms with Gasteiger partial charge in [0.05, 0.1) is 11.6 Å². The second kappa shape index (κ2) is 12.3. The lowest BCUT2D eigenvalue weighted by molar-refractivity contribution is -0.137. The van der Waals surface area contributed by atoms with E-state index in [-0.39, 0.29) is 17.9 Å². The minimum absolute atomic E-state index is 0.0264. The Morgan fingerprint density at radius 2 is 1.74 bits per heavy atom. The molecule has 1 aliphatic carbocycles. The Balaban J connectivity index is 1.07. The van der Waals surface area contributed by atoms with Crippen LogP contribution in [0.15, 0.2) is 59.1 Å². The SMILES string of the molecule is O=C(NC(CCN1CCC(Cc2nc(Cc3ccc(C(F)(F)F)cc3)no2)CC1)c1ccccc1)C1CCC1. The summed E-state index contributed by atoms with van der Waals surface area (Å²) in [6, 6.07) is 15.3. The van der Waals surface area contributed by atoms with Crippen LogP contribution in [-0.2, 0) is 23.8 Å². The third kappa shape index (κ3) is 7.47. The summed E-state index contributed by atoms with van der Waals surface area (Å²) in [6.07, 6.45) is 2.77. The van der Waals surface area contributed by atoms with E-state index in [1.54, 1.807) is 0 Å². The highest BCUT2D eigenvalue weighted by Crippen LogP contribution is 2.30. The average Bonchev–Trinajstić information content (AvgIpc) is 3.33. The molecule has 2 aliphatic rings. The molecule has 1 aromatic heterocycles. The van der Waals surface area contributed by atoms with Gasteiger partial charge in [-0.3, -0.25) is 4.79 Å². The van der Waals surface area contributed by atoms with Gasteiger partial charge in [-0.05, 0) is 74.4 Å². The molecule has 3 aromatic rings. The average molecular weight is 541 g/mol. The number of alkyl halides is 3. The van der Waals surface area contributed by atoms with Gasteiger partial charge in [0, 0.05) is 25.3 Å². The number of amides is 1. The fraction of sp³-hybridized carbons (Fsp3) is 0.500. The molecule has 9 heteroatoms. The number of benzene rings is 2. The molecule has 208 valence electrons. The summed E-state index contributed by atoms with van der Waals surface area (Å²) < 4.78 is 43.8. The van der Waals surface area contributed by atoms with E-state index in [1.165, 1.54) is 12.1 Å². The molecular weight excluding hydrogens is 505 g/mol. The first-order chi connectivity index (χ1) is 18.8. The highest BCUT2D eigenvalue weighted by atomic mass is 19.4. The fourth-order valence-corrected chi connectivity index (χ4v) is 5.38. The molecule has 6 nitrogen and oxygen atoms in total. The summed E-state index contributed by atoms with van der Waals surface area (Å²) in [7, 11) is 0. The third-order valence-electron chi connectivity index (χ3n) is 8.05. The molecule has 2 fully saturated rings. The minimum atomic E-state index is -4.34. The molecule has 2 aromatic carbocycles. The summed E-state index contributed by atoms with van der Waals surface area (Å²) in [5.74, 6) is 1.87. The largest absolute Gasteiger partial charge is 0.416 e. The van der Waals surface area contributed by atoms with Crippen LogP contribution in [0.1, 0.15) is 73.0 Å². The molecule has 1 N–H and O–H groups in total. The van der Waals surface area contributed by atoms with E-state index in [2.05, 4.69) is 32.5 Å². The number of carbonyl (C=O) groups is 1. The number of likely N-dealkylation sites (tertiary alicyclic amines) is 1. The molecule has 5 rings (SSSR count). The van der Waals surface area contributed by atoms with Gasteiger partial charge in [0.1, 0.15) is 0 Å². The summed E-state index contributed by atoms with van der Waals surface area (Å²) in [5.41, 5.74) is 1.20. The minimum Gasteiger partial charge on any atom is -0.349 e. The molecule has 1 amide bonds. The predicted molar refractivity (Wildman–Crippen MR) is 141 cm³/mol. The van der Waals surface area contributed by atoms with Gasteiger partial charge >= 0.3 is 6.18 Å². The van der Waals surface area contributed by atoms with Crippen LogP contribution in [-0.4, -0.2) is 40.6 Å². The van der Waals surface area contributed by atoms with Gasteiger partial charge in [0.2, 0.25) is 11.8 Å². The molecule has 1 atom stereocenters. The van der Waals surface area contributed by atoms with Crippen molar-refractivity contribution in [3.8, 4) is 0 Å². The normalized spacial score (nSPS) is 18.0. The van der Waals surface area contributed by atoms with Crippen molar-refractivity contribution in [3.05, 3.63) is 83.0 Å². The van der Waals surface area contributed by atoms with Gasteiger partial charge in [0.25, 0.3) is 0 Å². The van der Waals surface area contributed by atoms with E-state index in [0.29, 0.717) is 36.0 Å². The molecule has 1 saturated heterocycles. The van der Waals surface area contributed by atoms with Gasteiger partial charge in [-0.25, -0.2) is 0 Å². The molecule has 0 radical (unpaired) electrons. The number of piperidine rings is 1. The molecule has 2 heterocycles. The second-order valence-corrected chi connectivity index (χ2v) is 10.9. The van der Waals surface area contributed by atoms with Crippen LogP contribution in [0.4, 0.5) is 13.2 Å².